The molecule has 0 bridgehead atoms. The van der Waals surface area contributed by atoms with Gasteiger partial charge in [0.1, 0.15) is 18.3 Å². The lowest BCUT2D eigenvalue weighted by atomic mass is 10.0. The molecule has 0 amide bonds. The van der Waals surface area contributed by atoms with Crippen molar-refractivity contribution in [2.24, 2.45) is 0 Å². The largest absolute Gasteiger partial charge is 0.450 e. The van der Waals surface area contributed by atoms with Crippen LogP contribution in [0.3, 0.4) is 0 Å². The highest BCUT2D eigenvalue weighted by atomic mass is 28.4. The van der Waals surface area contributed by atoms with E-state index in [1.165, 1.54) is 0 Å². The molecular formula is C25H42O6Si. The monoisotopic (exact) mass is 466 g/mol. The van der Waals surface area contributed by atoms with Gasteiger partial charge in [0, 0.05) is 5.57 Å². The van der Waals surface area contributed by atoms with Crippen LogP contribution in [0.4, 0.5) is 0 Å². The third-order valence-corrected chi connectivity index (χ3v) is 11.0. The van der Waals surface area contributed by atoms with Gasteiger partial charge in [0.2, 0.25) is 0 Å². The van der Waals surface area contributed by atoms with E-state index in [1.54, 1.807) is 0 Å². The van der Waals surface area contributed by atoms with Crippen molar-refractivity contribution >= 4 is 14.3 Å². The first kappa shape index (κ1) is 27.0. The molecule has 3 atom stereocenters. The van der Waals surface area contributed by atoms with E-state index in [-0.39, 0.29) is 23.2 Å². The zero-order valence-electron chi connectivity index (χ0n) is 21.3. The Hall–Kier alpha value is -1.25. The Balaban J connectivity index is 1.87. The molecule has 1 fully saturated rings. The number of aliphatic hydroxyl groups excluding tert-OH is 1. The van der Waals surface area contributed by atoms with E-state index in [0.29, 0.717) is 31.6 Å². The van der Waals surface area contributed by atoms with E-state index in [0.717, 1.165) is 11.1 Å². The molecule has 0 saturated carbocycles. The molecule has 32 heavy (non-hydrogen) atoms. The van der Waals surface area contributed by atoms with Crippen molar-refractivity contribution in [2.75, 3.05) is 13.2 Å². The highest BCUT2D eigenvalue weighted by Gasteiger charge is 2.38. The summed E-state index contributed by atoms with van der Waals surface area (Å²) in [6.45, 7) is 19.6. The number of esters is 1. The lowest BCUT2D eigenvalue weighted by Crippen LogP contribution is -2.41. The van der Waals surface area contributed by atoms with Crippen molar-refractivity contribution in [1.29, 1.82) is 0 Å². The van der Waals surface area contributed by atoms with E-state index in [4.69, 9.17) is 18.6 Å². The van der Waals surface area contributed by atoms with Gasteiger partial charge in [-0.1, -0.05) is 26.8 Å². The number of hydrogen-bond donors (Lipinski definition) is 1. The van der Waals surface area contributed by atoms with Gasteiger partial charge in [-0.3, -0.25) is 0 Å². The molecule has 2 aliphatic heterocycles. The van der Waals surface area contributed by atoms with E-state index in [9.17, 15) is 9.90 Å². The van der Waals surface area contributed by atoms with Crippen LogP contribution < -0.4 is 0 Å². The summed E-state index contributed by atoms with van der Waals surface area (Å²) in [6.07, 6.45) is 5.57. The second-order valence-electron chi connectivity index (χ2n) is 10.9. The molecule has 0 aromatic heterocycles. The maximum absolute atomic E-state index is 12.3. The number of rotatable bonds is 9. The standard InChI is InChI=1S/C25H42O6Si/c1-17(15-29-32(8,9)24(3,4)5)13-20-14-19(23(27)30-20)12-10-11-18(2)22(26)21-16-28-25(6,7)31-21/h11,13-14,20-22,26H,10,12,15-16H2,1-9H3/b17-13+,18-11+/t20-,21-,22-/m0/s1. The van der Waals surface area contributed by atoms with Crippen LogP contribution in [0.5, 0.6) is 0 Å². The molecule has 0 aliphatic carbocycles. The molecule has 0 aromatic carbocycles. The summed E-state index contributed by atoms with van der Waals surface area (Å²) in [6, 6.07) is 0. The lowest BCUT2D eigenvalue weighted by molar-refractivity contribution is -0.148. The SMILES string of the molecule is C/C(=C\[C@H]1C=C(CC/C=C(\C)[C@H](O)[C@@H]2COC(C)(C)O2)C(=O)O1)CO[Si](C)(C)C(C)(C)C. The zero-order valence-corrected chi connectivity index (χ0v) is 22.3. The van der Waals surface area contributed by atoms with Gasteiger partial charge in [-0.25, -0.2) is 4.79 Å². The smallest absolute Gasteiger partial charge is 0.334 e. The number of ether oxygens (including phenoxy) is 3. The number of aliphatic hydroxyl groups is 1. The van der Waals surface area contributed by atoms with Crippen molar-refractivity contribution in [2.45, 2.75) is 104 Å². The summed E-state index contributed by atoms with van der Waals surface area (Å²) in [5.74, 6) is -0.939. The number of allylic oxidation sites excluding steroid dienone is 1. The van der Waals surface area contributed by atoms with Crippen LogP contribution >= 0.6 is 0 Å². The Bertz CT molecular complexity index is 772. The number of carbonyl (C=O) groups excluding carboxylic acids is 1. The molecule has 0 radical (unpaired) electrons. The quantitative estimate of drug-likeness (QED) is 0.291. The van der Waals surface area contributed by atoms with Crippen molar-refractivity contribution in [3.63, 3.8) is 0 Å². The van der Waals surface area contributed by atoms with Gasteiger partial charge in [0.05, 0.1) is 13.2 Å². The highest BCUT2D eigenvalue weighted by Crippen LogP contribution is 2.36. The molecule has 1 saturated heterocycles. The molecule has 182 valence electrons. The van der Waals surface area contributed by atoms with E-state index >= 15 is 0 Å². The molecule has 2 aliphatic rings. The highest BCUT2D eigenvalue weighted by molar-refractivity contribution is 6.74. The Morgan fingerprint density at radius 1 is 1.34 bits per heavy atom. The Morgan fingerprint density at radius 3 is 2.56 bits per heavy atom. The number of hydrogen-bond acceptors (Lipinski definition) is 6. The molecule has 2 rings (SSSR count). The Labute approximate surface area is 194 Å². The number of cyclic esters (lactones) is 1. The van der Waals surface area contributed by atoms with Gasteiger partial charge < -0.3 is 23.7 Å². The van der Waals surface area contributed by atoms with Gasteiger partial charge in [0.25, 0.3) is 0 Å². The molecule has 0 unspecified atom stereocenters. The summed E-state index contributed by atoms with van der Waals surface area (Å²) in [7, 11) is -1.81. The summed E-state index contributed by atoms with van der Waals surface area (Å²) in [4.78, 5) is 12.3. The predicted octanol–water partition coefficient (Wildman–Crippen LogP) is 5.05. The molecule has 7 heteroatoms. The minimum atomic E-state index is -1.81. The second kappa shape index (κ2) is 10.3. The van der Waals surface area contributed by atoms with Crippen molar-refractivity contribution in [3.8, 4) is 0 Å². The Kier molecular flexibility index (Phi) is 8.73. The molecule has 0 spiro atoms. The second-order valence-corrected chi connectivity index (χ2v) is 15.7. The van der Waals surface area contributed by atoms with Crippen LogP contribution in [-0.2, 0) is 23.4 Å². The van der Waals surface area contributed by atoms with E-state index in [1.807, 2.05) is 45.9 Å². The van der Waals surface area contributed by atoms with Crippen LogP contribution in [0.1, 0.15) is 61.3 Å². The minimum absolute atomic E-state index is 0.159. The fourth-order valence-corrected chi connectivity index (χ4v) is 4.37. The van der Waals surface area contributed by atoms with Gasteiger partial charge in [-0.2, -0.15) is 0 Å². The maximum atomic E-state index is 12.3. The lowest BCUT2D eigenvalue weighted by Gasteiger charge is -2.36. The van der Waals surface area contributed by atoms with Crippen molar-refractivity contribution < 1.29 is 28.5 Å². The maximum Gasteiger partial charge on any atom is 0.334 e. The molecular weight excluding hydrogens is 424 g/mol. The summed E-state index contributed by atoms with van der Waals surface area (Å²) >= 11 is 0. The predicted molar refractivity (Wildman–Crippen MR) is 129 cm³/mol. The van der Waals surface area contributed by atoms with E-state index < -0.39 is 20.2 Å². The van der Waals surface area contributed by atoms with Crippen molar-refractivity contribution in [1.82, 2.24) is 0 Å². The third-order valence-electron chi connectivity index (χ3n) is 6.52. The van der Waals surface area contributed by atoms with Crippen LogP contribution in [-0.4, -0.2) is 56.7 Å². The van der Waals surface area contributed by atoms with Crippen LogP contribution in [0.15, 0.2) is 34.9 Å². The van der Waals surface area contributed by atoms with Crippen LogP contribution in [0.25, 0.3) is 0 Å². The minimum Gasteiger partial charge on any atom is -0.450 e. The number of carbonyl (C=O) groups is 1. The first-order chi connectivity index (χ1) is 14.6. The molecule has 1 N–H and O–H groups in total. The molecule has 6 nitrogen and oxygen atoms in total. The molecule has 0 aromatic rings. The van der Waals surface area contributed by atoms with E-state index in [2.05, 4.69) is 33.9 Å². The zero-order chi connectivity index (χ0) is 24.3. The van der Waals surface area contributed by atoms with Gasteiger partial charge in [-0.05, 0) is 82.0 Å². The average molecular weight is 467 g/mol. The van der Waals surface area contributed by atoms with Gasteiger partial charge in [0.15, 0.2) is 14.1 Å². The first-order valence-electron chi connectivity index (χ1n) is 11.5. The third kappa shape index (κ3) is 7.38. The fourth-order valence-electron chi connectivity index (χ4n) is 3.35. The summed E-state index contributed by atoms with van der Waals surface area (Å²) in [5.41, 5.74) is 2.55. The average Bonchev–Trinajstić information content (AvgIpc) is 3.20. The summed E-state index contributed by atoms with van der Waals surface area (Å²) in [5, 5.41) is 10.7. The van der Waals surface area contributed by atoms with Gasteiger partial charge in [-0.15, -0.1) is 0 Å². The topological polar surface area (TPSA) is 74.2 Å². The van der Waals surface area contributed by atoms with Crippen LogP contribution in [0, 0.1) is 0 Å². The first-order valence-corrected chi connectivity index (χ1v) is 14.4. The van der Waals surface area contributed by atoms with Crippen molar-refractivity contribution in [3.05, 3.63) is 34.9 Å². The Morgan fingerprint density at radius 2 is 2.00 bits per heavy atom. The summed E-state index contributed by atoms with van der Waals surface area (Å²) < 4.78 is 23.0. The van der Waals surface area contributed by atoms with Gasteiger partial charge >= 0.3 is 5.97 Å². The normalized spacial score (nSPS) is 25.7. The van der Waals surface area contributed by atoms with Crippen LogP contribution in [0.2, 0.25) is 18.1 Å². The fraction of sp³-hybridized carbons (Fsp3) is 0.720. The molecule has 2 heterocycles.